The highest BCUT2D eigenvalue weighted by Crippen LogP contribution is 2.38. The number of alkyl halides is 1. The second-order valence-corrected chi connectivity index (χ2v) is 5.28. The molecule has 14 heavy (non-hydrogen) atoms. The minimum absolute atomic E-state index is 0.424. The first kappa shape index (κ1) is 12.5. The fourth-order valence-corrected chi connectivity index (χ4v) is 2.78. The van der Waals surface area contributed by atoms with Crippen LogP contribution in [0, 0.1) is 5.41 Å². The number of hydrogen-bond donors (Lipinski definition) is 0. The molecule has 84 valence electrons. The molecule has 0 aliphatic heterocycles. The molecule has 1 aliphatic rings. The number of rotatable bonds is 5. The van der Waals surface area contributed by atoms with Gasteiger partial charge in [-0.3, -0.25) is 0 Å². The van der Waals surface area contributed by atoms with Crippen molar-refractivity contribution < 1.29 is 4.74 Å². The molecule has 0 aromatic carbocycles. The Labute approximate surface area is 96.7 Å². The standard InChI is InChI=1S/C12H23BrO/c1-3-11(2)14-10-12(9-13)7-5-4-6-8-12/h11H,3-10H2,1-2H3. The van der Waals surface area contributed by atoms with Gasteiger partial charge in [0.25, 0.3) is 0 Å². The predicted molar refractivity (Wildman–Crippen MR) is 65.0 cm³/mol. The van der Waals surface area contributed by atoms with Crippen LogP contribution < -0.4 is 0 Å². The zero-order valence-electron chi connectivity index (χ0n) is 9.52. The van der Waals surface area contributed by atoms with E-state index in [0.717, 1.165) is 18.4 Å². The molecule has 1 atom stereocenters. The molecule has 1 fully saturated rings. The van der Waals surface area contributed by atoms with Crippen molar-refractivity contribution in [3.63, 3.8) is 0 Å². The van der Waals surface area contributed by atoms with Crippen molar-refractivity contribution in [3.05, 3.63) is 0 Å². The SMILES string of the molecule is CCC(C)OCC1(CBr)CCCCC1. The molecule has 2 heteroatoms. The Morgan fingerprint density at radius 1 is 1.29 bits per heavy atom. The molecule has 1 aliphatic carbocycles. The Kier molecular flexibility index (Phi) is 5.47. The average molecular weight is 263 g/mol. The summed E-state index contributed by atoms with van der Waals surface area (Å²) >= 11 is 3.66. The number of halogens is 1. The van der Waals surface area contributed by atoms with Crippen molar-refractivity contribution in [2.75, 3.05) is 11.9 Å². The lowest BCUT2D eigenvalue weighted by Gasteiger charge is -2.36. The minimum Gasteiger partial charge on any atom is -0.378 e. The van der Waals surface area contributed by atoms with E-state index in [2.05, 4.69) is 29.8 Å². The Morgan fingerprint density at radius 3 is 2.43 bits per heavy atom. The molecule has 0 spiro atoms. The van der Waals surface area contributed by atoms with Gasteiger partial charge in [0.1, 0.15) is 0 Å². The maximum atomic E-state index is 5.89. The number of hydrogen-bond acceptors (Lipinski definition) is 1. The van der Waals surface area contributed by atoms with Crippen molar-refractivity contribution in [1.82, 2.24) is 0 Å². The highest BCUT2D eigenvalue weighted by molar-refractivity contribution is 9.09. The van der Waals surface area contributed by atoms with Gasteiger partial charge in [0.15, 0.2) is 0 Å². The Hall–Kier alpha value is 0.440. The molecule has 1 rings (SSSR count). The predicted octanol–water partition coefficient (Wildman–Crippen LogP) is 4.15. The fourth-order valence-electron chi connectivity index (χ4n) is 2.06. The Bertz CT molecular complexity index is 152. The topological polar surface area (TPSA) is 9.23 Å². The van der Waals surface area contributed by atoms with Crippen molar-refractivity contribution >= 4 is 15.9 Å². The van der Waals surface area contributed by atoms with E-state index >= 15 is 0 Å². The Balaban J connectivity index is 2.36. The van der Waals surface area contributed by atoms with Crippen molar-refractivity contribution in [2.45, 2.75) is 58.5 Å². The molecule has 0 aromatic heterocycles. The third kappa shape index (κ3) is 3.54. The first-order chi connectivity index (χ1) is 6.72. The van der Waals surface area contributed by atoms with Crippen LogP contribution >= 0.6 is 15.9 Å². The molecular weight excluding hydrogens is 240 g/mol. The molecule has 0 N–H and O–H groups in total. The second kappa shape index (κ2) is 6.12. The largest absolute Gasteiger partial charge is 0.378 e. The summed E-state index contributed by atoms with van der Waals surface area (Å²) in [5.74, 6) is 0. The Morgan fingerprint density at radius 2 is 1.93 bits per heavy atom. The summed E-state index contributed by atoms with van der Waals surface area (Å²) in [6.07, 6.45) is 8.41. The lowest BCUT2D eigenvalue weighted by molar-refractivity contribution is -0.00802. The van der Waals surface area contributed by atoms with Gasteiger partial charge < -0.3 is 4.74 Å². The monoisotopic (exact) mass is 262 g/mol. The molecule has 0 amide bonds. The maximum Gasteiger partial charge on any atom is 0.0544 e. The van der Waals surface area contributed by atoms with Crippen LogP contribution in [0.1, 0.15) is 52.4 Å². The van der Waals surface area contributed by atoms with E-state index in [1.807, 2.05) is 0 Å². The van der Waals surface area contributed by atoms with Crippen LogP contribution in [0.4, 0.5) is 0 Å². The van der Waals surface area contributed by atoms with E-state index in [1.165, 1.54) is 32.1 Å². The summed E-state index contributed by atoms with van der Waals surface area (Å²) in [7, 11) is 0. The van der Waals surface area contributed by atoms with E-state index in [9.17, 15) is 0 Å². The highest BCUT2D eigenvalue weighted by Gasteiger charge is 2.31. The van der Waals surface area contributed by atoms with Gasteiger partial charge in [-0.15, -0.1) is 0 Å². The smallest absolute Gasteiger partial charge is 0.0544 e. The van der Waals surface area contributed by atoms with Gasteiger partial charge in [0.2, 0.25) is 0 Å². The molecule has 0 bridgehead atoms. The molecule has 0 aromatic rings. The van der Waals surface area contributed by atoms with Crippen LogP contribution in [-0.2, 0) is 4.74 Å². The van der Waals surface area contributed by atoms with E-state index in [1.54, 1.807) is 0 Å². The highest BCUT2D eigenvalue weighted by atomic mass is 79.9. The lowest BCUT2D eigenvalue weighted by Crippen LogP contribution is -2.32. The summed E-state index contributed by atoms with van der Waals surface area (Å²) in [6, 6.07) is 0. The van der Waals surface area contributed by atoms with Crippen molar-refractivity contribution in [1.29, 1.82) is 0 Å². The van der Waals surface area contributed by atoms with Gasteiger partial charge >= 0.3 is 0 Å². The van der Waals surface area contributed by atoms with E-state index in [0.29, 0.717) is 11.5 Å². The van der Waals surface area contributed by atoms with Crippen molar-refractivity contribution in [2.24, 2.45) is 5.41 Å². The summed E-state index contributed by atoms with van der Waals surface area (Å²) in [4.78, 5) is 0. The van der Waals surface area contributed by atoms with E-state index < -0.39 is 0 Å². The minimum atomic E-state index is 0.424. The quantitative estimate of drug-likeness (QED) is 0.677. The van der Waals surface area contributed by atoms with Crippen LogP contribution in [0.5, 0.6) is 0 Å². The van der Waals surface area contributed by atoms with Crippen LogP contribution in [0.25, 0.3) is 0 Å². The molecule has 1 unspecified atom stereocenters. The van der Waals surface area contributed by atoms with Gasteiger partial charge in [-0.25, -0.2) is 0 Å². The van der Waals surface area contributed by atoms with Crippen LogP contribution in [0.15, 0.2) is 0 Å². The fraction of sp³-hybridized carbons (Fsp3) is 1.00. The van der Waals surface area contributed by atoms with Crippen LogP contribution in [-0.4, -0.2) is 18.0 Å². The summed E-state index contributed by atoms with van der Waals surface area (Å²) in [5.41, 5.74) is 0.446. The molecule has 1 saturated carbocycles. The van der Waals surface area contributed by atoms with E-state index in [-0.39, 0.29) is 0 Å². The molecule has 0 saturated heterocycles. The van der Waals surface area contributed by atoms with Gasteiger partial charge in [0, 0.05) is 10.7 Å². The average Bonchev–Trinajstić information content (AvgIpc) is 2.27. The van der Waals surface area contributed by atoms with Gasteiger partial charge in [-0.1, -0.05) is 42.1 Å². The first-order valence-corrected chi connectivity index (χ1v) is 7.02. The first-order valence-electron chi connectivity index (χ1n) is 5.90. The van der Waals surface area contributed by atoms with Gasteiger partial charge in [0.05, 0.1) is 12.7 Å². The van der Waals surface area contributed by atoms with Gasteiger partial charge in [-0.2, -0.15) is 0 Å². The molecule has 1 nitrogen and oxygen atoms in total. The summed E-state index contributed by atoms with van der Waals surface area (Å²) in [5, 5.41) is 1.11. The normalized spacial score (nSPS) is 23.4. The zero-order valence-corrected chi connectivity index (χ0v) is 11.1. The molecule has 0 radical (unpaired) electrons. The van der Waals surface area contributed by atoms with Gasteiger partial charge in [-0.05, 0) is 26.2 Å². The van der Waals surface area contributed by atoms with E-state index in [4.69, 9.17) is 4.74 Å². The third-order valence-electron chi connectivity index (χ3n) is 3.45. The second-order valence-electron chi connectivity index (χ2n) is 4.72. The lowest BCUT2D eigenvalue weighted by atomic mass is 9.76. The number of ether oxygens (including phenoxy) is 1. The van der Waals surface area contributed by atoms with Crippen LogP contribution in [0.3, 0.4) is 0 Å². The van der Waals surface area contributed by atoms with Crippen LogP contribution in [0.2, 0.25) is 0 Å². The molecular formula is C12H23BrO. The summed E-state index contributed by atoms with van der Waals surface area (Å²) in [6.45, 7) is 5.31. The summed E-state index contributed by atoms with van der Waals surface area (Å²) < 4.78 is 5.89. The maximum absolute atomic E-state index is 5.89. The molecule has 0 heterocycles. The zero-order chi connectivity index (χ0) is 10.4. The third-order valence-corrected chi connectivity index (χ3v) is 4.64. The van der Waals surface area contributed by atoms with Crippen molar-refractivity contribution in [3.8, 4) is 0 Å².